The molecule has 10 nitrogen and oxygen atoms in total. The third-order valence-electron chi connectivity index (χ3n) is 9.08. The van der Waals surface area contributed by atoms with Crippen LogP contribution in [0, 0.1) is 0 Å². The number of benzene rings is 3. The average Bonchev–Trinajstić information content (AvgIpc) is 3.67. The Morgan fingerprint density at radius 3 is 2.57 bits per heavy atom. The van der Waals surface area contributed by atoms with Gasteiger partial charge in [0.15, 0.2) is 6.23 Å². The highest BCUT2D eigenvalue weighted by molar-refractivity contribution is 6.37. The van der Waals surface area contributed by atoms with Gasteiger partial charge in [-0.05, 0) is 79.2 Å². The van der Waals surface area contributed by atoms with Crippen molar-refractivity contribution < 1.29 is 19.1 Å². The molecule has 2 N–H and O–H groups in total. The molecule has 54 heavy (non-hydrogen) atoms. The molecular formula is C42H38Cl2N6O4. The van der Waals surface area contributed by atoms with Crippen LogP contribution in [0.4, 0.5) is 0 Å². The summed E-state index contributed by atoms with van der Waals surface area (Å²) in [5, 5.41) is 7.67. The van der Waals surface area contributed by atoms with Crippen molar-refractivity contribution in [1.82, 2.24) is 30.1 Å². The monoisotopic (exact) mass is 760 g/mol. The molecule has 1 aliphatic heterocycles. The van der Waals surface area contributed by atoms with Crippen molar-refractivity contribution in [1.29, 1.82) is 0 Å². The van der Waals surface area contributed by atoms with Crippen molar-refractivity contribution in [3.63, 3.8) is 0 Å². The van der Waals surface area contributed by atoms with Crippen molar-refractivity contribution in [3.8, 4) is 11.4 Å². The zero-order chi connectivity index (χ0) is 37.4. The Bertz CT molecular complexity index is 2270. The molecule has 4 heterocycles. The van der Waals surface area contributed by atoms with Crippen molar-refractivity contribution in [2.45, 2.75) is 32.3 Å². The van der Waals surface area contributed by atoms with Gasteiger partial charge in [0.1, 0.15) is 11.3 Å². The molecule has 2 atom stereocenters. The summed E-state index contributed by atoms with van der Waals surface area (Å²) in [5.74, 6) is 0.136. The summed E-state index contributed by atoms with van der Waals surface area (Å²) >= 11 is 14.2. The molecule has 3 aromatic heterocycles. The molecule has 0 radical (unpaired) electrons. The molecular weight excluding hydrogens is 723 g/mol. The Balaban J connectivity index is 1.05. The number of carbonyl (C=O) groups excluding carboxylic acids is 2. The van der Waals surface area contributed by atoms with Gasteiger partial charge in [0.25, 0.3) is 5.91 Å². The molecule has 1 fully saturated rings. The summed E-state index contributed by atoms with van der Waals surface area (Å²) in [6.45, 7) is 4.37. The third kappa shape index (κ3) is 8.64. The molecule has 0 saturated carbocycles. The fourth-order valence-corrected chi connectivity index (χ4v) is 7.01. The van der Waals surface area contributed by atoms with Crippen molar-refractivity contribution in [3.05, 3.63) is 160 Å². The number of fused-ring (bicyclic) bond motifs is 1. The maximum absolute atomic E-state index is 12.9. The lowest BCUT2D eigenvalue weighted by Crippen LogP contribution is -2.45. The topological polar surface area (TPSA) is 111 Å². The summed E-state index contributed by atoms with van der Waals surface area (Å²) in [6.07, 6.45) is 7.84. The smallest absolute Gasteiger partial charge is 0.251 e. The number of halogens is 2. The predicted molar refractivity (Wildman–Crippen MR) is 211 cm³/mol. The van der Waals surface area contributed by atoms with E-state index in [1.807, 2.05) is 90.5 Å². The normalized spacial score (nSPS) is 15.3. The fraction of sp³-hybridized carbons (Fsp3) is 0.190. The summed E-state index contributed by atoms with van der Waals surface area (Å²) in [4.78, 5) is 36.5. The SMILES string of the molecule is CC1CN(C(Oc2cccc3cccnc23)c2c(Cl)ccc(-n3cccc3CNC(=O)C=Cc3ccc(C(=O)NCc4ccccn4)cc3)c2Cl)CCO1. The molecule has 1 aliphatic rings. The minimum Gasteiger partial charge on any atom is -0.469 e. The van der Waals surface area contributed by atoms with Gasteiger partial charge < -0.3 is 24.7 Å². The van der Waals surface area contributed by atoms with E-state index in [0.717, 1.165) is 27.9 Å². The third-order valence-corrected chi connectivity index (χ3v) is 9.81. The van der Waals surface area contributed by atoms with Crippen molar-refractivity contribution >= 4 is 52.0 Å². The molecule has 7 rings (SSSR count). The summed E-state index contributed by atoms with van der Waals surface area (Å²) in [6, 6.07) is 29.8. The van der Waals surface area contributed by atoms with Gasteiger partial charge in [0, 0.05) is 60.0 Å². The van der Waals surface area contributed by atoms with E-state index in [2.05, 4.69) is 25.5 Å². The van der Waals surface area contributed by atoms with E-state index < -0.39 is 6.23 Å². The highest BCUT2D eigenvalue weighted by Crippen LogP contribution is 2.40. The van der Waals surface area contributed by atoms with Gasteiger partial charge >= 0.3 is 0 Å². The van der Waals surface area contributed by atoms with Crippen LogP contribution in [0.2, 0.25) is 10.0 Å². The molecule has 274 valence electrons. The number of nitrogens with zero attached hydrogens (tertiary/aromatic N) is 4. The predicted octanol–water partition coefficient (Wildman–Crippen LogP) is 7.79. The molecule has 0 spiro atoms. The van der Waals surface area contributed by atoms with Crippen LogP contribution >= 0.6 is 23.2 Å². The second-order valence-electron chi connectivity index (χ2n) is 12.8. The van der Waals surface area contributed by atoms with Crippen molar-refractivity contribution in [2.24, 2.45) is 0 Å². The van der Waals surface area contributed by atoms with E-state index in [-0.39, 0.29) is 24.5 Å². The maximum Gasteiger partial charge on any atom is 0.251 e. The Morgan fingerprint density at radius 2 is 1.76 bits per heavy atom. The zero-order valence-electron chi connectivity index (χ0n) is 29.5. The van der Waals surface area contributed by atoms with Crippen LogP contribution in [0.5, 0.6) is 5.75 Å². The van der Waals surface area contributed by atoms with E-state index in [4.69, 9.17) is 32.7 Å². The van der Waals surface area contributed by atoms with Crippen molar-refractivity contribution in [2.75, 3.05) is 19.7 Å². The number of nitrogens with one attached hydrogen (secondary N) is 2. The van der Waals surface area contributed by atoms with Crippen LogP contribution in [-0.2, 0) is 22.6 Å². The second-order valence-corrected chi connectivity index (χ2v) is 13.6. The first kappa shape index (κ1) is 36.8. The largest absolute Gasteiger partial charge is 0.469 e. The van der Waals surface area contributed by atoms with Crippen LogP contribution < -0.4 is 15.4 Å². The van der Waals surface area contributed by atoms with Crippen LogP contribution in [0.25, 0.3) is 22.7 Å². The first-order valence-electron chi connectivity index (χ1n) is 17.6. The molecule has 12 heteroatoms. The van der Waals surface area contributed by atoms with E-state index >= 15 is 0 Å². The highest BCUT2D eigenvalue weighted by Gasteiger charge is 2.32. The number of carbonyl (C=O) groups is 2. The van der Waals surface area contributed by atoms with Gasteiger partial charge in [0.2, 0.25) is 5.91 Å². The number of hydrogen-bond donors (Lipinski definition) is 2. The first-order chi connectivity index (χ1) is 26.3. The lowest BCUT2D eigenvalue weighted by atomic mass is 10.1. The summed E-state index contributed by atoms with van der Waals surface area (Å²) < 4.78 is 14.6. The first-order valence-corrected chi connectivity index (χ1v) is 18.3. The number of ether oxygens (including phenoxy) is 2. The standard InChI is InChI=1S/C42H38Cl2N6O4/c1-28-27-49(23-24-53-28)42(54-36-11-4-7-30-8-5-21-46-40(30)36)38-34(43)17-18-35(39(38)44)50-22-6-10-33(50)26-47-37(51)19-14-29-12-15-31(16-13-29)41(52)48-25-32-9-2-3-20-45-32/h2-22,28,42H,23-27H2,1H3,(H,47,51)(H,48,52). The number of morpholine rings is 1. The average molecular weight is 762 g/mol. The van der Waals surface area contributed by atoms with Crippen LogP contribution in [0.3, 0.4) is 0 Å². The minimum absolute atomic E-state index is 0.0149. The van der Waals surface area contributed by atoms with E-state index in [0.29, 0.717) is 58.9 Å². The van der Waals surface area contributed by atoms with E-state index in [1.165, 1.54) is 6.08 Å². The molecule has 0 bridgehead atoms. The van der Waals surface area contributed by atoms with Gasteiger partial charge in [-0.1, -0.05) is 59.6 Å². The number of para-hydroxylation sites is 1. The lowest BCUT2D eigenvalue weighted by Gasteiger charge is -2.38. The van der Waals surface area contributed by atoms with Crippen LogP contribution in [-0.4, -0.2) is 57.0 Å². The number of rotatable bonds is 12. The highest BCUT2D eigenvalue weighted by atomic mass is 35.5. The molecule has 0 aliphatic carbocycles. The Morgan fingerprint density at radius 1 is 0.926 bits per heavy atom. The summed E-state index contributed by atoms with van der Waals surface area (Å²) in [7, 11) is 0. The molecule has 1 saturated heterocycles. The Kier molecular flexibility index (Phi) is 11.7. The molecule has 2 unspecified atom stereocenters. The fourth-order valence-electron chi connectivity index (χ4n) is 6.36. The van der Waals surface area contributed by atoms with Gasteiger partial charge in [-0.25, -0.2) is 0 Å². The van der Waals surface area contributed by atoms with Gasteiger partial charge in [-0.3, -0.25) is 24.5 Å². The molecule has 6 aromatic rings. The number of amides is 2. The van der Waals surface area contributed by atoms with Crippen LogP contribution in [0.15, 0.2) is 122 Å². The van der Waals surface area contributed by atoms with Crippen LogP contribution in [0.1, 0.15) is 46.0 Å². The Hall–Kier alpha value is -5.52. The number of hydrogen-bond acceptors (Lipinski definition) is 7. The van der Waals surface area contributed by atoms with Gasteiger partial charge in [-0.2, -0.15) is 0 Å². The maximum atomic E-state index is 12.9. The lowest BCUT2D eigenvalue weighted by molar-refractivity contribution is -0.116. The molecule has 3 aromatic carbocycles. The number of aromatic nitrogens is 3. The number of pyridine rings is 2. The van der Waals surface area contributed by atoms with E-state index in [1.54, 1.807) is 42.7 Å². The molecule has 2 amide bonds. The summed E-state index contributed by atoms with van der Waals surface area (Å²) in [5.41, 5.74) is 4.93. The van der Waals surface area contributed by atoms with Gasteiger partial charge in [0.05, 0.1) is 47.2 Å². The second kappa shape index (κ2) is 17.1. The van der Waals surface area contributed by atoms with Gasteiger partial charge in [-0.15, -0.1) is 0 Å². The zero-order valence-corrected chi connectivity index (χ0v) is 31.0. The minimum atomic E-state index is -0.636. The van der Waals surface area contributed by atoms with E-state index in [9.17, 15) is 9.59 Å². The quantitative estimate of drug-likeness (QED) is 0.123. The Labute approximate surface area is 323 Å².